The first-order valence-electron chi connectivity index (χ1n) is 5.98. The number of benzene rings is 1. The third-order valence-electron chi connectivity index (χ3n) is 2.63. The quantitative estimate of drug-likeness (QED) is 0.662. The summed E-state index contributed by atoms with van der Waals surface area (Å²) in [4.78, 5) is 32.9. The Hall–Kier alpha value is -2.63. The fourth-order valence-electron chi connectivity index (χ4n) is 1.33. The maximum absolute atomic E-state index is 11.5. The third kappa shape index (κ3) is 4.93. The van der Waals surface area contributed by atoms with Gasteiger partial charge in [-0.15, -0.1) is 0 Å². The monoisotopic (exact) mass is 276 g/mol. The van der Waals surface area contributed by atoms with Gasteiger partial charge < -0.3 is 16.2 Å². The predicted molar refractivity (Wildman–Crippen MR) is 73.8 cm³/mol. The Balaban J connectivity index is 2.53. The van der Waals surface area contributed by atoms with E-state index in [1.807, 2.05) is 0 Å². The minimum absolute atomic E-state index is 0.0686. The minimum Gasteiger partial charge on any atom is -0.481 e. The molecule has 106 valence electrons. The summed E-state index contributed by atoms with van der Waals surface area (Å²) in [6, 6.07) is 6.44. The number of aliphatic carboxylic acids is 1. The van der Waals surface area contributed by atoms with Gasteiger partial charge in [-0.05, 0) is 23.8 Å². The fourth-order valence-corrected chi connectivity index (χ4v) is 1.33. The van der Waals surface area contributed by atoms with E-state index in [0.717, 1.165) is 5.56 Å². The molecule has 0 aliphatic carbocycles. The molecule has 1 aromatic carbocycles. The van der Waals surface area contributed by atoms with Crippen molar-refractivity contribution in [1.29, 1.82) is 0 Å². The van der Waals surface area contributed by atoms with Crippen molar-refractivity contribution in [3.05, 3.63) is 41.5 Å². The standard InChI is InChI=1S/C14H16N2O4/c1-9(14(19)20)8-16-12(17)7-4-10-2-5-11(6-3-10)13(15)18/h2-7,9H,8H2,1H3,(H2,15,18)(H,16,17)(H,19,20). The second kappa shape index (κ2) is 7.08. The molecule has 0 radical (unpaired) electrons. The molecule has 0 fully saturated rings. The number of nitrogens with one attached hydrogen (secondary N) is 1. The van der Waals surface area contributed by atoms with E-state index in [2.05, 4.69) is 5.32 Å². The summed E-state index contributed by atoms with van der Waals surface area (Å²) >= 11 is 0. The largest absolute Gasteiger partial charge is 0.481 e. The van der Waals surface area contributed by atoms with Crippen molar-refractivity contribution >= 4 is 23.9 Å². The van der Waals surface area contributed by atoms with Crippen molar-refractivity contribution in [3.63, 3.8) is 0 Å². The van der Waals surface area contributed by atoms with Crippen LogP contribution in [0.15, 0.2) is 30.3 Å². The van der Waals surface area contributed by atoms with Gasteiger partial charge in [-0.3, -0.25) is 14.4 Å². The molecule has 20 heavy (non-hydrogen) atoms. The Morgan fingerprint density at radius 3 is 2.40 bits per heavy atom. The molecule has 0 aliphatic rings. The van der Waals surface area contributed by atoms with Gasteiger partial charge in [0, 0.05) is 18.2 Å². The topological polar surface area (TPSA) is 109 Å². The smallest absolute Gasteiger partial charge is 0.308 e. The zero-order valence-corrected chi connectivity index (χ0v) is 11.0. The molecule has 0 aliphatic heterocycles. The van der Waals surface area contributed by atoms with E-state index < -0.39 is 17.8 Å². The molecule has 6 heteroatoms. The Morgan fingerprint density at radius 2 is 1.90 bits per heavy atom. The molecular formula is C14H16N2O4. The van der Waals surface area contributed by atoms with Crippen molar-refractivity contribution in [2.75, 3.05) is 6.54 Å². The Kier molecular flexibility index (Phi) is 5.46. The zero-order valence-electron chi connectivity index (χ0n) is 11.0. The van der Waals surface area contributed by atoms with Crippen molar-refractivity contribution < 1.29 is 19.5 Å². The number of primary amides is 1. The molecule has 0 aromatic heterocycles. The van der Waals surface area contributed by atoms with Crippen molar-refractivity contribution in [1.82, 2.24) is 5.32 Å². The van der Waals surface area contributed by atoms with Gasteiger partial charge in [-0.2, -0.15) is 0 Å². The van der Waals surface area contributed by atoms with E-state index >= 15 is 0 Å². The normalized spacial score (nSPS) is 12.1. The van der Waals surface area contributed by atoms with E-state index in [9.17, 15) is 14.4 Å². The lowest BCUT2D eigenvalue weighted by Gasteiger charge is -2.05. The molecule has 4 N–H and O–H groups in total. The van der Waals surface area contributed by atoms with Gasteiger partial charge in [0.1, 0.15) is 0 Å². The number of carbonyl (C=O) groups excluding carboxylic acids is 2. The highest BCUT2D eigenvalue weighted by Gasteiger charge is 2.10. The summed E-state index contributed by atoms with van der Waals surface area (Å²) in [5.74, 6) is -2.49. The van der Waals surface area contributed by atoms with Gasteiger partial charge in [-0.25, -0.2) is 0 Å². The van der Waals surface area contributed by atoms with Crippen LogP contribution in [0, 0.1) is 5.92 Å². The molecule has 1 atom stereocenters. The summed E-state index contributed by atoms with van der Waals surface area (Å²) < 4.78 is 0. The second-order valence-electron chi connectivity index (χ2n) is 4.30. The number of carboxylic acids is 1. The van der Waals surface area contributed by atoms with Gasteiger partial charge in [0.05, 0.1) is 5.92 Å². The van der Waals surface area contributed by atoms with Crippen LogP contribution in [0.4, 0.5) is 0 Å². The number of carbonyl (C=O) groups is 3. The van der Waals surface area contributed by atoms with Crippen molar-refractivity contribution in [3.8, 4) is 0 Å². The van der Waals surface area contributed by atoms with E-state index in [1.165, 1.54) is 13.0 Å². The van der Waals surface area contributed by atoms with Crippen LogP contribution >= 0.6 is 0 Å². The maximum Gasteiger partial charge on any atom is 0.308 e. The molecule has 1 rings (SSSR count). The molecule has 1 unspecified atom stereocenters. The predicted octanol–water partition coefficient (Wildman–Crippen LogP) is 0.636. The molecule has 0 saturated carbocycles. The van der Waals surface area contributed by atoms with Crippen molar-refractivity contribution in [2.45, 2.75) is 6.92 Å². The highest BCUT2D eigenvalue weighted by molar-refractivity contribution is 5.94. The molecule has 2 amide bonds. The summed E-state index contributed by atoms with van der Waals surface area (Å²) in [5, 5.41) is 11.1. The Morgan fingerprint density at radius 1 is 1.30 bits per heavy atom. The van der Waals surface area contributed by atoms with Crippen LogP contribution in [-0.4, -0.2) is 29.4 Å². The second-order valence-corrected chi connectivity index (χ2v) is 4.30. The average molecular weight is 276 g/mol. The van der Waals surface area contributed by atoms with Gasteiger partial charge in [-0.1, -0.05) is 19.1 Å². The number of carboxylic acid groups (broad SMARTS) is 1. The fraction of sp³-hybridized carbons (Fsp3) is 0.214. The first kappa shape index (κ1) is 15.4. The van der Waals surface area contributed by atoms with Gasteiger partial charge in [0.2, 0.25) is 11.8 Å². The van der Waals surface area contributed by atoms with Crippen molar-refractivity contribution in [2.24, 2.45) is 11.7 Å². The van der Waals surface area contributed by atoms with E-state index in [4.69, 9.17) is 10.8 Å². The lowest BCUT2D eigenvalue weighted by atomic mass is 10.1. The van der Waals surface area contributed by atoms with Crippen LogP contribution < -0.4 is 11.1 Å². The summed E-state index contributed by atoms with van der Waals surface area (Å²) in [5.41, 5.74) is 6.23. The van der Waals surface area contributed by atoms with Crippen LogP contribution in [0.1, 0.15) is 22.8 Å². The molecule has 0 spiro atoms. The number of rotatable bonds is 6. The van der Waals surface area contributed by atoms with Gasteiger partial charge in [0.15, 0.2) is 0 Å². The molecule has 0 heterocycles. The highest BCUT2D eigenvalue weighted by Crippen LogP contribution is 2.05. The minimum atomic E-state index is -0.962. The maximum atomic E-state index is 11.5. The zero-order chi connectivity index (χ0) is 15.1. The average Bonchev–Trinajstić information content (AvgIpc) is 2.42. The first-order valence-corrected chi connectivity index (χ1v) is 5.98. The number of nitrogens with two attached hydrogens (primary N) is 1. The molecule has 0 bridgehead atoms. The highest BCUT2D eigenvalue weighted by atomic mass is 16.4. The number of hydrogen-bond donors (Lipinski definition) is 3. The van der Waals surface area contributed by atoms with E-state index in [0.29, 0.717) is 5.56 Å². The molecular weight excluding hydrogens is 260 g/mol. The van der Waals surface area contributed by atoms with Gasteiger partial charge in [0.25, 0.3) is 0 Å². The third-order valence-corrected chi connectivity index (χ3v) is 2.63. The van der Waals surface area contributed by atoms with Crippen LogP contribution in [0.5, 0.6) is 0 Å². The SMILES string of the molecule is CC(CNC(=O)C=Cc1ccc(C(N)=O)cc1)C(=O)O. The summed E-state index contributed by atoms with van der Waals surface area (Å²) in [6.07, 6.45) is 2.86. The number of amides is 2. The van der Waals surface area contributed by atoms with E-state index in [-0.39, 0.29) is 12.5 Å². The lowest BCUT2D eigenvalue weighted by molar-refractivity contribution is -0.141. The number of hydrogen-bond acceptors (Lipinski definition) is 3. The molecule has 6 nitrogen and oxygen atoms in total. The molecule has 0 saturated heterocycles. The summed E-state index contributed by atoms with van der Waals surface area (Å²) in [7, 11) is 0. The van der Waals surface area contributed by atoms with Crippen LogP contribution in [0.25, 0.3) is 6.08 Å². The first-order chi connectivity index (χ1) is 9.40. The summed E-state index contributed by atoms with van der Waals surface area (Å²) in [6.45, 7) is 1.58. The lowest BCUT2D eigenvalue weighted by Crippen LogP contribution is -2.30. The van der Waals surface area contributed by atoms with E-state index in [1.54, 1.807) is 30.3 Å². The Labute approximate surface area is 116 Å². The van der Waals surface area contributed by atoms with Crippen LogP contribution in [0.3, 0.4) is 0 Å². The van der Waals surface area contributed by atoms with Crippen LogP contribution in [0.2, 0.25) is 0 Å². The molecule has 1 aromatic rings. The Bertz CT molecular complexity index is 535. The van der Waals surface area contributed by atoms with Crippen LogP contribution in [-0.2, 0) is 9.59 Å². The van der Waals surface area contributed by atoms with Gasteiger partial charge >= 0.3 is 5.97 Å².